The van der Waals surface area contributed by atoms with Crippen LogP contribution in [0.2, 0.25) is 0 Å². The summed E-state index contributed by atoms with van der Waals surface area (Å²) in [6.45, 7) is 9.68. The first kappa shape index (κ1) is 11.1. The highest BCUT2D eigenvalue weighted by molar-refractivity contribution is 4.73. The third-order valence-electron chi connectivity index (χ3n) is 4.10. The average molecular weight is 182 g/mol. The molecule has 4 atom stereocenters. The Hall–Kier alpha value is 0. The zero-order valence-electron chi connectivity index (χ0n) is 9.84. The number of hydrogen-bond acceptors (Lipinski definition) is 0. The lowest BCUT2D eigenvalue weighted by molar-refractivity contribution is 0.208. The molecule has 1 saturated carbocycles. The fourth-order valence-electron chi connectivity index (χ4n) is 2.71. The summed E-state index contributed by atoms with van der Waals surface area (Å²) in [6.07, 6.45) is 7.26. The quantitative estimate of drug-likeness (QED) is 0.560. The van der Waals surface area contributed by atoms with Crippen molar-refractivity contribution in [2.45, 2.75) is 59.8 Å². The predicted octanol–water partition coefficient (Wildman–Crippen LogP) is 4.49. The van der Waals surface area contributed by atoms with Crippen molar-refractivity contribution in [3.05, 3.63) is 0 Å². The van der Waals surface area contributed by atoms with Crippen molar-refractivity contribution in [3.63, 3.8) is 0 Å². The molecule has 0 aliphatic heterocycles. The first-order valence-electron chi connectivity index (χ1n) is 6.13. The molecule has 0 aromatic carbocycles. The molecule has 0 heteroatoms. The smallest absolute Gasteiger partial charge is 0.0412 e. The van der Waals surface area contributed by atoms with E-state index in [4.69, 9.17) is 0 Å². The van der Waals surface area contributed by atoms with Crippen molar-refractivity contribution in [2.24, 2.45) is 23.7 Å². The molecule has 0 bridgehead atoms. The van der Waals surface area contributed by atoms with Gasteiger partial charge in [0.25, 0.3) is 0 Å². The molecule has 4 unspecified atom stereocenters. The molecular formula is C13H26. The second-order valence-electron chi connectivity index (χ2n) is 5.38. The normalized spacial score (nSPS) is 42.5. The highest BCUT2D eigenvalue weighted by Crippen LogP contribution is 2.34. The van der Waals surface area contributed by atoms with Gasteiger partial charge < -0.3 is 0 Å². The first-order valence-corrected chi connectivity index (χ1v) is 6.13. The van der Waals surface area contributed by atoms with Crippen LogP contribution in [0.25, 0.3) is 0 Å². The Morgan fingerprint density at radius 2 is 1.62 bits per heavy atom. The average Bonchev–Trinajstić information content (AvgIpc) is 2.11. The van der Waals surface area contributed by atoms with Crippen LogP contribution in [0.15, 0.2) is 0 Å². The van der Waals surface area contributed by atoms with E-state index in [1.165, 1.54) is 32.1 Å². The molecule has 0 nitrogen and oxygen atoms in total. The zero-order chi connectivity index (χ0) is 9.84. The fraction of sp³-hybridized carbons (Fsp3) is 1.00. The lowest BCUT2D eigenvalue weighted by Gasteiger charge is -2.30. The van der Waals surface area contributed by atoms with E-state index in [2.05, 4.69) is 27.7 Å². The molecule has 1 aliphatic carbocycles. The summed E-state index contributed by atoms with van der Waals surface area (Å²) >= 11 is 0. The van der Waals surface area contributed by atoms with E-state index in [-0.39, 0.29) is 0 Å². The van der Waals surface area contributed by atoms with Gasteiger partial charge in [0.15, 0.2) is 0 Å². The van der Waals surface area contributed by atoms with E-state index in [0.29, 0.717) is 0 Å². The molecule has 0 aromatic heterocycles. The van der Waals surface area contributed by atoms with Crippen molar-refractivity contribution < 1.29 is 0 Å². The summed E-state index contributed by atoms with van der Waals surface area (Å²) in [6, 6.07) is 0. The van der Waals surface area contributed by atoms with Crippen LogP contribution in [-0.2, 0) is 0 Å². The van der Waals surface area contributed by atoms with Gasteiger partial charge in [-0.15, -0.1) is 0 Å². The van der Waals surface area contributed by atoms with Crippen LogP contribution >= 0.6 is 0 Å². The van der Waals surface area contributed by atoms with E-state index in [1.54, 1.807) is 0 Å². The molecule has 1 aliphatic rings. The predicted molar refractivity (Wildman–Crippen MR) is 59.7 cm³/mol. The Morgan fingerprint density at radius 3 is 2.23 bits per heavy atom. The Kier molecular flexibility index (Phi) is 4.28. The van der Waals surface area contributed by atoms with Gasteiger partial charge in [0.1, 0.15) is 0 Å². The van der Waals surface area contributed by atoms with Crippen molar-refractivity contribution >= 4 is 0 Å². The molecular weight excluding hydrogens is 156 g/mol. The summed E-state index contributed by atoms with van der Waals surface area (Å²) in [7, 11) is 0. The van der Waals surface area contributed by atoms with Crippen LogP contribution in [-0.4, -0.2) is 0 Å². The van der Waals surface area contributed by atoms with E-state index in [9.17, 15) is 0 Å². The summed E-state index contributed by atoms with van der Waals surface area (Å²) in [5, 5.41) is 0. The van der Waals surface area contributed by atoms with Gasteiger partial charge in [-0.2, -0.15) is 0 Å². The molecule has 0 amide bonds. The summed E-state index contributed by atoms with van der Waals surface area (Å²) in [5.41, 5.74) is 0. The van der Waals surface area contributed by atoms with Gasteiger partial charge in [-0.3, -0.25) is 0 Å². The minimum atomic E-state index is 0.955. The minimum Gasteiger partial charge on any atom is -0.0651 e. The molecule has 0 heterocycles. The third kappa shape index (κ3) is 3.32. The molecule has 0 saturated heterocycles. The molecule has 13 heavy (non-hydrogen) atoms. The summed E-state index contributed by atoms with van der Waals surface area (Å²) < 4.78 is 0. The second-order valence-corrected chi connectivity index (χ2v) is 5.38. The molecule has 1 fully saturated rings. The maximum absolute atomic E-state index is 2.45. The lowest BCUT2D eigenvalue weighted by atomic mass is 9.75. The van der Waals surface area contributed by atoms with Crippen LogP contribution < -0.4 is 0 Å². The van der Waals surface area contributed by atoms with Gasteiger partial charge >= 0.3 is 0 Å². The van der Waals surface area contributed by atoms with Gasteiger partial charge in [0.05, 0.1) is 0 Å². The molecule has 1 rings (SSSR count). The lowest BCUT2D eigenvalue weighted by Crippen LogP contribution is -2.19. The Morgan fingerprint density at radius 1 is 0.923 bits per heavy atom. The maximum Gasteiger partial charge on any atom is -0.0412 e. The molecule has 0 spiro atoms. The highest BCUT2D eigenvalue weighted by Gasteiger charge is 2.22. The van der Waals surface area contributed by atoms with Crippen LogP contribution in [0.3, 0.4) is 0 Å². The van der Waals surface area contributed by atoms with E-state index >= 15 is 0 Å². The zero-order valence-corrected chi connectivity index (χ0v) is 9.84. The standard InChI is InChI=1S/C13H26/c1-5-13-8-10(2)6-7-11(3)12(4)9-13/h10-13H,5-9H2,1-4H3. The number of rotatable bonds is 1. The topological polar surface area (TPSA) is 0 Å². The minimum absolute atomic E-state index is 0.955. The van der Waals surface area contributed by atoms with E-state index < -0.39 is 0 Å². The van der Waals surface area contributed by atoms with Gasteiger partial charge in [0, 0.05) is 0 Å². The Labute approximate surface area is 84.1 Å². The van der Waals surface area contributed by atoms with Crippen LogP contribution in [0.4, 0.5) is 0 Å². The highest BCUT2D eigenvalue weighted by atomic mass is 14.3. The van der Waals surface area contributed by atoms with Crippen molar-refractivity contribution in [2.75, 3.05) is 0 Å². The molecule has 0 N–H and O–H groups in total. The van der Waals surface area contributed by atoms with Crippen LogP contribution in [0.1, 0.15) is 59.8 Å². The fourth-order valence-corrected chi connectivity index (χ4v) is 2.71. The molecule has 0 aromatic rings. The monoisotopic (exact) mass is 182 g/mol. The third-order valence-corrected chi connectivity index (χ3v) is 4.10. The summed E-state index contributed by atoms with van der Waals surface area (Å²) in [4.78, 5) is 0. The van der Waals surface area contributed by atoms with E-state index in [1.807, 2.05) is 0 Å². The van der Waals surface area contributed by atoms with Crippen LogP contribution in [0.5, 0.6) is 0 Å². The first-order chi connectivity index (χ1) is 6.13. The van der Waals surface area contributed by atoms with Gasteiger partial charge in [-0.1, -0.05) is 47.0 Å². The van der Waals surface area contributed by atoms with Crippen molar-refractivity contribution in [1.29, 1.82) is 0 Å². The van der Waals surface area contributed by atoms with Crippen molar-refractivity contribution in [3.8, 4) is 0 Å². The molecule has 0 radical (unpaired) electrons. The van der Waals surface area contributed by atoms with E-state index in [0.717, 1.165) is 23.7 Å². The van der Waals surface area contributed by atoms with Gasteiger partial charge in [-0.05, 0) is 36.5 Å². The molecule has 78 valence electrons. The van der Waals surface area contributed by atoms with Crippen molar-refractivity contribution in [1.82, 2.24) is 0 Å². The number of hydrogen-bond donors (Lipinski definition) is 0. The SMILES string of the molecule is CCC1CC(C)CCC(C)C(C)C1. The van der Waals surface area contributed by atoms with Gasteiger partial charge in [-0.25, -0.2) is 0 Å². The maximum atomic E-state index is 2.45. The Balaban J connectivity index is 2.50. The van der Waals surface area contributed by atoms with Gasteiger partial charge in [0.2, 0.25) is 0 Å². The van der Waals surface area contributed by atoms with Crippen LogP contribution in [0, 0.1) is 23.7 Å². The second kappa shape index (κ2) is 5.02. The Bertz CT molecular complexity index is 139. The largest absolute Gasteiger partial charge is 0.0651 e. The summed E-state index contributed by atoms with van der Waals surface area (Å²) in [5.74, 6) is 3.89.